The molecule has 3 rings (SSSR count). The average Bonchev–Trinajstić information content (AvgIpc) is 2.99. The van der Waals surface area contributed by atoms with Crippen LogP contribution in [-0.2, 0) is 14.3 Å². The van der Waals surface area contributed by atoms with Gasteiger partial charge in [0.1, 0.15) is 11.5 Å². The van der Waals surface area contributed by atoms with Gasteiger partial charge in [0.25, 0.3) is 11.7 Å². The van der Waals surface area contributed by atoms with Gasteiger partial charge in [0.05, 0.1) is 18.7 Å². The minimum Gasteiger partial charge on any atom is -0.507 e. The van der Waals surface area contributed by atoms with Gasteiger partial charge in [-0.3, -0.25) is 9.59 Å². The third-order valence-electron chi connectivity index (χ3n) is 4.82. The largest absolute Gasteiger partial charge is 0.507 e. The number of aliphatic hydroxyl groups is 1. The van der Waals surface area contributed by atoms with E-state index in [1.165, 1.54) is 12.0 Å². The fraction of sp³-hybridized carbons (Fsp3) is 0.273. The van der Waals surface area contributed by atoms with E-state index in [0.717, 1.165) is 9.13 Å². The Morgan fingerprint density at radius 2 is 1.86 bits per heavy atom. The number of rotatable bonds is 7. The van der Waals surface area contributed by atoms with E-state index < -0.39 is 17.7 Å². The number of ketones is 1. The first-order valence-electron chi connectivity index (χ1n) is 9.15. The van der Waals surface area contributed by atoms with Crippen LogP contribution >= 0.6 is 22.6 Å². The predicted octanol–water partition coefficient (Wildman–Crippen LogP) is 3.76. The number of nitrogens with zero attached hydrogens (tertiary/aromatic N) is 1. The lowest BCUT2D eigenvalue weighted by Gasteiger charge is -2.25. The van der Waals surface area contributed by atoms with E-state index in [9.17, 15) is 14.7 Å². The lowest BCUT2D eigenvalue weighted by atomic mass is 9.95. The van der Waals surface area contributed by atoms with Crippen LogP contribution in [0.3, 0.4) is 0 Å². The quantitative estimate of drug-likeness (QED) is 0.203. The second-order valence-electron chi connectivity index (χ2n) is 6.62. The number of ether oxygens (including phenoxy) is 2. The molecule has 2 aromatic carbocycles. The van der Waals surface area contributed by atoms with E-state index in [-0.39, 0.29) is 11.3 Å². The van der Waals surface area contributed by atoms with Gasteiger partial charge in [0, 0.05) is 29.4 Å². The van der Waals surface area contributed by atoms with Crippen LogP contribution < -0.4 is 4.74 Å². The summed E-state index contributed by atoms with van der Waals surface area (Å²) in [5, 5.41) is 11.0. The third-order valence-corrected chi connectivity index (χ3v) is 5.54. The molecule has 152 valence electrons. The Morgan fingerprint density at radius 1 is 1.14 bits per heavy atom. The maximum absolute atomic E-state index is 12.9. The van der Waals surface area contributed by atoms with Crippen LogP contribution in [-0.4, -0.2) is 49.1 Å². The molecule has 0 spiro atoms. The Bertz CT molecular complexity index is 938. The van der Waals surface area contributed by atoms with Gasteiger partial charge in [-0.15, -0.1) is 0 Å². The van der Waals surface area contributed by atoms with Gasteiger partial charge in [0.15, 0.2) is 0 Å². The molecule has 1 aliphatic heterocycles. The monoisotopic (exact) mass is 507 g/mol. The SMILES string of the molecule is COCCCN1C(=O)C(=O)/C(=C(/O)c2cccc(OC)c2)C1c1ccc(I)cc1. The first kappa shape index (κ1) is 21.3. The number of methoxy groups -OCH3 is 2. The van der Waals surface area contributed by atoms with Crippen LogP contribution in [0, 0.1) is 3.57 Å². The van der Waals surface area contributed by atoms with Crippen molar-refractivity contribution >= 4 is 40.0 Å². The van der Waals surface area contributed by atoms with E-state index in [0.29, 0.717) is 30.9 Å². The summed E-state index contributed by atoms with van der Waals surface area (Å²) >= 11 is 2.20. The highest BCUT2D eigenvalue weighted by atomic mass is 127. The molecule has 7 heteroatoms. The van der Waals surface area contributed by atoms with E-state index in [2.05, 4.69) is 22.6 Å². The predicted molar refractivity (Wildman–Crippen MR) is 118 cm³/mol. The van der Waals surface area contributed by atoms with E-state index >= 15 is 0 Å². The summed E-state index contributed by atoms with van der Waals surface area (Å²) in [5.74, 6) is -0.963. The van der Waals surface area contributed by atoms with Crippen LogP contribution in [0.1, 0.15) is 23.6 Å². The zero-order valence-corrected chi connectivity index (χ0v) is 18.4. The highest BCUT2D eigenvalue weighted by molar-refractivity contribution is 14.1. The Hall–Kier alpha value is -2.39. The van der Waals surface area contributed by atoms with Crippen molar-refractivity contribution in [3.05, 3.63) is 68.8 Å². The van der Waals surface area contributed by atoms with Gasteiger partial charge >= 0.3 is 0 Å². The molecule has 1 heterocycles. The molecule has 0 radical (unpaired) electrons. The van der Waals surface area contributed by atoms with E-state index in [4.69, 9.17) is 9.47 Å². The van der Waals surface area contributed by atoms with Crippen molar-refractivity contribution < 1.29 is 24.2 Å². The minimum atomic E-state index is -0.689. The Balaban J connectivity index is 2.12. The molecule has 1 amide bonds. The van der Waals surface area contributed by atoms with Gasteiger partial charge in [0.2, 0.25) is 0 Å². The average molecular weight is 507 g/mol. The summed E-state index contributed by atoms with van der Waals surface area (Å²) < 4.78 is 11.3. The standard InChI is InChI=1S/C22H22INO5/c1-28-12-4-11-24-19(14-7-9-16(23)10-8-14)18(21(26)22(24)27)20(25)15-5-3-6-17(13-15)29-2/h3,5-10,13,19,25H,4,11-12H2,1-2H3/b20-18+. The highest BCUT2D eigenvalue weighted by Gasteiger charge is 2.45. The number of halogens is 1. The summed E-state index contributed by atoms with van der Waals surface area (Å²) in [4.78, 5) is 27.2. The molecule has 2 aromatic rings. The molecular formula is C22H22INO5. The Kier molecular flexibility index (Phi) is 6.92. The molecule has 0 saturated carbocycles. The zero-order valence-electron chi connectivity index (χ0n) is 16.2. The summed E-state index contributed by atoms with van der Waals surface area (Å²) in [6.45, 7) is 0.822. The fourth-order valence-electron chi connectivity index (χ4n) is 3.41. The maximum Gasteiger partial charge on any atom is 0.295 e. The van der Waals surface area contributed by atoms with Crippen LogP contribution in [0.25, 0.3) is 5.76 Å². The van der Waals surface area contributed by atoms with Gasteiger partial charge in [-0.05, 0) is 58.8 Å². The van der Waals surface area contributed by atoms with E-state index in [1.54, 1.807) is 31.4 Å². The van der Waals surface area contributed by atoms with Gasteiger partial charge in [-0.25, -0.2) is 0 Å². The molecule has 1 aliphatic rings. The van der Waals surface area contributed by atoms with Crippen LogP contribution in [0.15, 0.2) is 54.1 Å². The molecule has 1 fully saturated rings. The van der Waals surface area contributed by atoms with Crippen molar-refractivity contribution in [1.82, 2.24) is 4.90 Å². The number of likely N-dealkylation sites (tertiary alicyclic amines) is 1. The minimum absolute atomic E-state index is 0.0851. The number of hydrogen-bond acceptors (Lipinski definition) is 5. The first-order valence-corrected chi connectivity index (χ1v) is 10.2. The molecule has 0 aliphatic carbocycles. The maximum atomic E-state index is 12.9. The Morgan fingerprint density at radius 3 is 2.52 bits per heavy atom. The number of carbonyl (C=O) groups excluding carboxylic acids is 2. The summed E-state index contributed by atoms with van der Waals surface area (Å²) in [6, 6.07) is 13.7. The molecule has 1 saturated heterocycles. The van der Waals surface area contributed by atoms with Crippen LogP contribution in [0.4, 0.5) is 0 Å². The number of benzene rings is 2. The summed E-state index contributed by atoms with van der Waals surface area (Å²) in [5.41, 5.74) is 1.28. The third kappa shape index (κ3) is 4.45. The fourth-order valence-corrected chi connectivity index (χ4v) is 3.77. The molecule has 0 bridgehead atoms. The second kappa shape index (κ2) is 9.41. The van der Waals surface area contributed by atoms with Gasteiger partial charge < -0.3 is 19.5 Å². The number of aliphatic hydroxyl groups excluding tert-OH is 1. The topological polar surface area (TPSA) is 76.1 Å². The van der Waals surface area contributed by atoms with E-state index in [1.807, 2.05) is 24.3 Å². The summed E-state index contributed by atoms with van der Waals surface area (Å²) in [7, 11) is 3.12. The number of amides is 1. The van der Waals surface area contributed by atoms with Crippen molar-refractivity contribution in [1.29, 1.82) is 0 Å². The number of hydrogen-bond donors (Lipinski definition) is 1. The molecule has 0 aromatic heterocycles. The zero-order chi connectivity index (χ0) is 21.0. The molecule has 1 N–H and O–H groups in total. The lowest BCUT2D eigenvalue weighted by molar-refractivity contribution is -0.140. The summed E-state index contributed by atoms with van der Waals surface area (Å²) in [6.07, 6.45) is 0.587. The molecule has 6 nitrogen and oxygen atoms in total. The van der Waals surface area contributed by atoms with Crippen molar-refractivity contribution in [3.8, 4) is 5.75 Å². The number of Topliss-reactive ketones (excluding diaryl/α,β-unsaturated/α-hetero) is 1. The van der Waals surface area contributed by atoms with Crippen LogP contribution in [0.2, 0.25) is 0 Å². The van der Waals surface area contributed by atoms with Crippen molar-refractivity contribution in [3.63, 3.8) is 0 Å². The van der Waals surface area contributed by atoms with Gasteiger partial charge in [-0.2, -0.15) is 0 Å². The second-order valence-corrected chi connectivity index (χ2v) is 7.87. The van der Waals surface area contributed by atoms with Gasteiger partial charge in [-0.1, -0.05) is 24.3 Å². The normalized spacial score (nSPS) is 18.3. The molecular weight excluding hydrogens is 485 g/mol. The van der Waals surface area contributed by atoms with Crippen molar-refractivity contribution in [2.75, 3.05) is 27.4 Å². The van der Waals surface area contributed by atoms with Crippen molar-refractivity contribution in [2.45, 2.75) is 12.5 Å². The first-order chi connectivity index (χ1) is 14.0. The highest BCUT2D eigenvalue weighted by Crippen LogP contribution is 2.39. The molecule has 1 atom stereocenters. The smallest absolute Gasteiger partial charge is 0.295 e. The Labute approximate surface area is 183 Å². The molecule has 29 heavy (non-hydrogen) atoms. The molecule has 1 unspecified atom stereocenters. The van der Waals surface area contributed by atoms with Crippen molar-refractivity contribution in [2.24, 2.45) is 0 Å². The van der Waals surface area contributed by atoms with Crippen LogP contribution in [0.5, 0.6) is 5.75 Å². The lowest BCUT2D eigenvalue weighted by Crippen LogP contribution is -2.31. The number of carbonyl (C=O) groups is 2.